The van der Waals surface area contributed by atoms with Crippen LogP contribution in [0.2, 0.25) is 0 Å². The Balaban J connectivity index is 1.59. The standard InChI is InChI=1S/C24H28N2O5/c1-4-16(13-22(27)26(3)15(2)23(28)29)25-24(30)31-14-21-19-11-7-5-9-17(19)18-10-6-8-12-20(18)21/h5-12,15-16,21H,4,13-14H2,1-3H3,(H,25,30)(H,28,29)/t15-,16+/m0/s1. The molecule has 0 radical (unpaired) electrons. The number of aliphatic carboxylic acids is 1. The molecule has 0 fully saturated rings. The lowest BCUT2D eigenvalue weighted by Crippen LogP contribution is -2.44. The van der Waals surface area contributed by atoms with Crippen LogP contribution < -0.4 is 5.32 Å². The van der Waals surface area contributed by atoms with E-state index in [9.17, 15) is 14.4 Å². The van der Waals surface area contributed by atoms with Crippen LogP contribution in [0.5, 0.6) is 0 Å². The van der Waals surface area contributed by atoms with E-state index >= 15 is 0 Å². The van der Waals surface area contributed by atoms with Gasteiger partial charge in [0.25, 0.3) is 0 Å². The van der Waals surface area contributed by atoms with Crippen molar-refractivity contribution in [2.45, 2.75) is 44.7 Å². The second-order valence-electron chi connectivity index (χ2n) is 7.80. The van der Waals surface area contributed by atoms with Crippen LogP contribution in [0.1, 0.15) is 43.7 Å². The molecule has 31 heavy (non-hydrogen) atoms. The van der Waals surface area contributed by atoms with Gasteiger partial charge in [0.15, 0.2) is 0 Å². The van der Waals surface area contributed by atoms with Gasteiger partial charge in [-0.15, -0.1) is 0 Å². The van der Waals surface area contributed by atoms with Crippen LogP contribution >= 0.6 is 0 Å². The van der Waals surface area contributed by atoms with Crippen molar-refractivity contribution in [2.75, 3.05) is 13.7 Å². The fraction of sp³-hybridized carbons (Fsp3) is 0.375. The van der Waals surface area contributed by atoms with Crippen LogP contribution in [0.4, 0.5) is 4.79 Å². The maximum absolute atomic E-state index is 12.4. The number of carbonyl (C=O) groups is 3. The largest absolute Gasteiger partial charge is 0.480 e. The Morgan fingerprint density at radius 2 is 1.61 bits per heavy atom. The highest BCUT2D eigenvalue weighted by molar-refractivity contribution is 5.84. The van der Waals surface area contributed by atoms with Gasteiger partial charge in [0.2, 0.25) is 5.91 Å². The van der Waals surface area contributed by atoms with E-state index in [1.165, 1.54) is 18.9 Å². The van der Waals surface area contributed by atoms with Crippen molar-refractivity contribution in [3.63, 3.8) is 0 Å². The van der Waals surface area contributed by atoms with Crippen LogP contribution in [0.15, 0.2) is 48.5 Å². The molecule has 0 saturated heterocycles. The summed E-state index contributed by atoms with van der Waals surface area (Å²) in [6.07, 6.45) is -0.0597. The Kier molecular flexibility index (Phi) is 6.95. The number of rotatable bonds is 8. The van der Waals surface area contributed by atoms with Crippen molar-refractivity contribution >= 4 is 18.0 Å². The number of nitrogens with zero attached hydrogens (tertiary/aromatic N) is 1. The van der Waals surface area contributed by atoms with E-state index in [1.807, 2.05) is 43.3 Å². The second kappa shape index (κ2) is 9.64. The van der Waals surface area contributed by atoms with Crippen molar-refractivity contribution in [2.24, 2.45) is 0 Å². The molecule has 2 amide bonds. The summed E-state index contributed by atoms with van der Waals surface area (Å²) in [5.74, 6) is -1.46. The first-order chi connectivity index (χ1) is 14.8. The van der Waals surface area contributed by atoms with E-state index in [0.29, 0.717) is 6.42 Å². The molecule has 0 unspecified atom stereocenters. The van der Waals surface area contributed by atoms with Gasteiger partial charge >= 0.3 is 12.1 Å². The SMILES string of the molecule is CC[C@H](CC(=O)N(C)[C@@H](C)C(=O)O)NC(=O)OCC1c2ccccc2-c2ccccc21. The molecule has 0 bridgehead atoms. The second-order valence-corrected chi connectivity index (χ2v) is 7.80. The molecular weight excluding hydrogens is 396 g/mol. The third kappa shape index (κ3) is 4.87. The van der Waals surface area contributed by atoms with Gasteiger partial charge in [0, 0.05) is 25.4 Å². The first kappa shape index (κ1) is 22.3. The number of carbonyl (C=O) groups excluding carboxylic acids is 2. The van der Waals surface area contributed by atoms with Gasteiger partial charge in [0.1, 0.15) is 12.6 Å². The average molecular weight is 424 g/mol. The molecule has 2 N–H and O–H groups in total. The molecule has 2 aromatic carbocycles. The summed E-state index contributed by atoms with van der Waals surface area (Å²) in [5.41, 5.74) is 4.56. The van der Waals surface area contributed by atoms with Crippen LogP contribution in [-0.4, -0.2) is 53.7 Å². The summed E-state index contributed by atoms with van der Waals surface area (Å²) in [6, 6.07) is 14.8. The number of nitrogens with one attached hydrogen (secondary N) is 1. The minimum absolute atomic E-state index is 0.00875. The lowest BCUT2D eigenvalue weighted by molar-refractivity contribution is -0.148. The van der Waals surface area contributed by atoms with Crippen LogP contribution in [0.3, 0.4) is 0 Å². The minimum Gasteiger partial charge on any atom is -0.480 e. The highest BCUT2D eigenvalue weighted by Crippen LogP contribution is 2.44. The fourth-order valence-corrected chi connectivity index (χ4v) is 3.84. The highest BCUT2D eigenvalue weighted by atomic mass is 16.5. The Bertz CT molecular complexity index is 928. The third-order valence-corrected chi connectivity index (χ3v) is 5.91. The maximum atomic E-state index is 12.4. The number of carboxylic acid groups (broad SMARTS) is 1. The highest BCUT2D eigenvalue weighted by Gasteiger charge is 2.29. The Morgan fingerprint density at radius 3 is 2.13 bits per heavy atom. The summed E-state index contributed by atoms with van der Waals surface area (Å²) < 4.78 is 5.53. The van der Waals surface area contributed by atoms with Crippen molar-refractivity contribution in [3.8, 4) is 11.1 Å². The lowest BCUT2D eigenvalue weighted by atomic mass is 9.98. The number of benzene rings is 2. The van der Waals surface area contributed by atoms with E-state index in [0.717, 1.165) is 22.3 Å². The summed E-state index contributed by atoms with van der Waals surface area (Å²) in [6.45, 7) is 3.49. The number of ether oxygens (including phenoxy) is 1. The first-order valence-corrected chi connectivity index (χ1v) is 10.4. The van der Waals surface area contributed by atoms with Crippen LogP contribution in [0, 0.1) is 0 Å². The molecule has 0 spiro atoms. The number of amides is 2. The predicted octanol–water partition coefficient (Wildman–Crippen LogP) is 3.63. The van der Waals surface area contributed by atoms with Crippen molar-refractivity contribution in [3.05, 3.63) is 59.7 Å². The summed E-state index contributed by atoms with van der Waals surface area (Å²) in [5, 5.41) is 11.8. The molecule has 0 saturated carbocycles. The van der Waals surface area contributed by atoms with Gasteiger partial charge in [-0.25, -0.2) is 9.59 Å². The molecule has 3 rings (SSSR count). The molecule has 164 valence electrons. The summed E-state index contributed by atoms with van der Waals surface area (Å²) >= 11 is 0. The normalized spacial score (nSPS) is 14.2. The van der Waals surface area contributed by atoms with Gasteiger partial charge < -0.3 is 20.1 Å². The van der Waals surface area contributed by atoms with Crippen molar-refractivity contribution in [1.29, 1.82) is 0 Å². The van der Waals surface area contributed by atoms with Crippen LogP contribution in [-0.2, 0) is 14.3 Å². The molecular formula is C24H28N2O5. The van der Waals surface area contributed by atoms with Crippen LogP contribution in [0.25, 0.3) is 11.1 Å². The topological polar surface area (TPSA) is 95.9 Å². The van der Waals surface area contributed by atoms with Gasteiger partial charge in [-0.05, 0) is 35.6 Å². The third-order valence-electron chi connectivity index (χ3n) is 5.91. The number of alkyl carbamates (subject to hydrolysis) is 1. The predicted molar refractivity (Wildman–Crippen MR) is 117 cm³/mol. The van der Waals surface area contributed by atoms with Gasteiger partial charge in [0.05, 0.1) is 0 Å². The van der Waals surface area contributed by atoms with Gasteiger partial charge in [-0.1, -0.05) is 55.5 Å². The van der Waals surface area contributed by atoms with Gasteiger partial charge in [-0.2, -0.15) is 0 Å². The Morgan fingerprint density at radius 1 is 1.06 bits per heavy atom. The zero-order valence-corrected chi connectivity index (χ0v) is 18.0. The number of fused-ring (bicyclic) bond motifs is 3. The number of carboxylic acids is 1. The maximum Gasteiger partial charge on any atom is 0.407 e. The molecule has 1 aliphatic rings. The molecule has 2 atom stereocenters. The van der Waals surface area contributed by atoms with Crippen molar-refractivity contribution < 1.29 is 24.2 Å². The quantitative estimate of drug-likeness (QED) is 0.675. The Labute approximate surface area is 182 Å². The van der Waals surface area contributed by atoms with Gasteiger partial charge in [-0.3, -0.25) is 4.79 Å². The molecule has 2 aromatic rings. The summed E-state index contributed by atoms with van der Waals surface area (Å²) in [7, 11) is 1.45. The van der Waals surface area contributed by atoms with E-state index in [1.54, 1.807) is 0 Å². The molecule has 0 aliphatic heterocycles. The van der Waals surface area contributed by atoms with E-state index in [-0.39, 0.29) is 24.9 Å². The Hall–Kier alpha value is -3.35. The minimum atomic E-state index is -1.08. The monoisotopic (exact) mass is 424 g/mol. The molecule has 0 heterocycles. The van der Waals surface area contributed by atoms with E-state index in [2.05, 4.69) is 17.4 Å². The lowest BCUT2D eigenvalue weighted by Gasteiger charge is -2.24. The summed E-state index contributed by atoms with van der Waals surface area (Å²) in [4.78, 5) is 37.0. The number of hydrogen-bond donors (Lipinski definition) is 2. The molecule has 0 aromatic heterocycles. The number of likely N-dealkylation sites (N-methyl/N-ethyl adjacent to an activating group) is 1. The fourth-order valence-electron chi connectivity index (χ4n) is 3.84. The smallest absolute Gasteiger partial charge is 0.407 e. The molecule has 7 heteroatoms. The van der Waals surface area contributed by atoms with Crippen molar-refractivity contribution in [1.82, 2.24) is 10.2 Å². The van der Waals surface area contributed by atoms with E-state index < -0.39 is 24.1 Å². The molecule has 1 aliphatic carbocycles. The van der Waals surface area contributed by atoms with E-state index in [4.69, 9.17) is 9.84 Å². The zero-order chi connectivity index (χ0) is 22.5. The average Bonchev–Trinajstić information content (AvgIpc) is 3.09. The zero-order valence-electron chi connectivity index (χ0n) is 18.0. The molecule has 7 nitrogen and oxygen atoms in total. The number of hydrogen-bond acceptors (Lipinski definition) is 4. The first-order valence-electron chi connectivity index (χ1n) is 10.4.